The van der Waals surface area contributed by atoms with E-state index in [0.717, 1.165) is 29.1 Å². The molecule has 0 radical (unpaired) electrons. The second-order valence-corrected chi connectivity index (χ2v) is 8.80. The number of carbonyl (C=O) groups is 2. The molecule has 8 nitrogen and oxygen atoms in total. The van der Waals surface area contributed by atoms with E-state index in [1.807, 2.05) is 53.2 Å². The van der Waals surface area contributed by atoms with E-state index in [4.69, 9.17) is 14.9 Å². The van der Waals surface area contributed by atoms with Crippen molar-refractivity contribution >= 4 is 34.4 Å². The molecule has 0 saturated heterocycles. The number of aromatic nitrogens is 4. The number of aliphatic carboxylic acids is 1. The van der Waals surface area contributed by atoms with Gasteiger partial charge in [-0.1, -0.05) is 12.1 Å². The summed E-state index contributed by atoms with van der Waals surface area (Å²) in [6.07, 6.45) is 4.32. The maximum atomic E-state index is 13.2. The van der Waals surface area contributed by atoms with Crippen LogP contribution in [0.2, 0.25) is 0 Å². The number of fused-ring (bicyclic) bond motifs is 1. The summed E-state index contributed by atoms with van der Waals surface area (Å²) in [5.74, 6) is -2.16. The summed E-state index contributed by atoms with van der Waals surface area (Å²) in [4.78, 5) is 33.8. The lowest BCUT2D eigenvalue weighted by atomic mass is 10.3. The summed E-state index contributed by atoms with van der Waals surface area (Å²) >= 11 is 1.74. The van der Waals surface area contributed by atoms with E-state index in [1.165, 1.54) is 4.88 Å². The van der Waals surface area contributed by atoms with E-state index in [9.17, 15) is 18.0 Å². The molecule has 0 fully saturated rings. The molecule has 0 aromatic carbocycles. The van der Waals surface area contributed by atoms with Gasteiger partial charge in [0.15, 0.2) is 5.69 Å². The highest BCUT2D eigenvalue weighted by atomic mass is 32.1. The molecular formula is C25H20F3N5O3S. The number of anilines is 1. The van der Waals surface area contributed by atoms with Gasteiger partial charge in [0.25, 0.3) is 5.91 Å². The molecule has 5 aromatic heterocycles. The summed E-state index contributed by atoms with van der Waals surface area (Å²) in [5, 5.41) is 9.21. The molecule has 0 spiro atoms. The fourth-order valence-corrected chi connectivity index (χ4v) is 4.21. The number of carboxylic acid groups (broad SMARTS) is 1. The molecular weight excluding hydrogens is 507 g/mol. The lowest BCUT2D eigenvalue weighted by Crippen LogP contribution is -2.26. The van der Waals surface area contributed by atoms with Crippen LogP contribution in [0.4, 0.5) is 18.9 Å². The van der Waals surface area contributed by atoms with Crippen molar-refractivity contribution in [1.82, 2.24) is 18.9 Å². The Balaban J connectivity index is 0.000000405. The van der Waals surface area contributed by atoms with Gasteiger partial charge in [0, 0.05) is 54.2 Å². The van der Waals surface area contributed by atoms with Crippen LogP contribution >= 0.6 is 11.3 Å². The minimum Gasteiger partial charge on any atom is -0.475 e. The summed E-state index contributed by atoms with van der Waals surface area (Å²) in [6, 6.07) is 15.6. The van der Waals surface area contributed by atoms with Gasteiger partial charge in [0.05, 0.1) is 12.1 Å². The zero-order valence-electron chi connectivity index (χ0n) is 19.3. The van der Waals surface area contributed by atoms with E-state index in [-0.39, 0.29) is 5.91 Å². The molecule has 1 amide bonds. The first-order chi connectivity index (χ1) is 17.6. The number of rotatable bonds is 5. The number of thiophene rings is 1. The SMILES string of the molecule is CN(C(=O)c1nc(-c2ccn(Cc3cccs3)c2)n2ccccc12)c1ccncc1.O=C(O)C(F)(F)F. The van der Waals surface area contributed by atoms with Gasteiger partial charge in [-0.3, -0.25) is 14.2 Å². The van der Waals surface area contributed by atoms with Crippen molar-refractivity contribution in [2.75, 3.05) is 11.9 Å². The monoisotopic (exact) mass is 527 g/mol. The van der Waals surface area contributed by atoms with Gasteiger partial charge in [0.1, 0.15) is 5.82 Å². The molecule has 37 heavy (non-hydrogen) atoms. The summed E-state index contributed by atoms with van der Waals surface area (Å²) in [7, 11) is 1.75. The average Bonchev–Trinajstić information content (AvgIpc) is 3.64. The Morgan fingerprint density at radius 1 is 1.05 bits per heavy atom. The van der Waals surface area contributed by atoms with Gasteiger partial charge in [0.2, 0.25) is 0 Å². The molecule has 190 valence electrons. The highest BCUT2D eigenvalue weighted by Crippen LogP contribution is 2.26. The van der Waals surface area contributed by atoms with Gasteiger partial charge in [-0.2, -0.15) is 13.2 Å². The smallest absolute Gasteiger partial charge is 0.475 e. The molecule has 1 N–H and O–H groups in total. The van der Waals surface area contributed by atoms with Crippen LogP contribution in [0.25, 0.3) is 16.9 Å². The maximum absolute atomic E-state index is 13.2. The molecule has 0 aliphatic rings. The summed E-state index contributed by atoms with van der Waals surface area (Å²) in [6.45, 7) is 0.817. The molecule has 0 aliphatic carbocycles. The van der Waals surface area contributed by atoms with E-state index < -0.39 is 12.1 Å². The zero-order chi connectivity index (χ0) is 26.6. The standard InChI is InChI=1S/C23H19N5OS.C2HF3O2/c1-26(18-7-10-24-11-8-18)23(29)21-20-6-2-3-12-28(20)22(25-21)17-9-13-27(15-17)16-19-5-4-14-30-19;3-2(4,5)1(6)7/h2-15H,16H2,1H3;(H,6,7). The predicted molar refractivity (Wildman–Crippen MR) is 133 cm³/mol. The first-order valence-corrected chi connectivity index (χ1v) is 11.7. The van der Waals surface area contributed by atoms with Crippen LogP contribution in [0, 0.1) is 0 Å². The lowest BCUT2D eigenvalue weighted by Gasteiger charge is -2.15. The van der Waals surface area contributed by atoms with Crippen molar-refractivity contribution in [1.29, 1.82) is 0 Å². The third-order valence-corrected chi connectivity index (χ3v) is 6.14. The summed E-state index contributed by atoms with van der Waals surface area (Å²) in [5.41, 5.74) is 2.95. The largest absolute Gasteiger partial charge is 0.490 e. The molecule has 0 aliphatic heterocycles. The Morgan fingerprint density at radius 2 is 1.78 bits per heavy atom. The second kappa shape index (κ2) is 10.7. The van der Waals surface area contributed by atoms with Crippen LogP contribution in [0.3, 0.4) is 0 Å². The van der Waals surface area contributed by atoms with Crippen molar-refractivity contribution in [2.24, 2.45) is 0 Å². The minimum atomic E-state index is -5.08. The van der Waals surface area contributed by atoms with Crippen LogP contribution in [-0.2, 0) is 11.3 Å². The number of amides is 1. The van der Waals surface area contributed by atoms with Crippen LogP contribution < -0.4 is 4.90 Å². The van der Waals surface area contributed by atoms with Gasteiger partial charge in [-0.25, -0.2) is 9.78 Å². The number of carboxylic acids is 1. The van der Waals surface area contributed by atoms with Crippen LogP contribution in [0.5, 0.6) is 0 Å². The van der Waals surface area contributed by atoms with E-state index in [2.05, 4.69) is 33.3 Å². The average molecular weight is 528 g/mol. The Bertz CT molecular complexity index is 1510. The Morgan fingerprint density at radius 3 is 2.43 bits per heavy atom. The lowest BCUT2D eigenvalue weighted by molar-refractivity contribution is -0.192. The first-order valence-electron chi connectivity index (χ1n) is 10.8. The Kier molecular flexibility index (Phi) is 7.39. The normalized spacial score (nSPS) is 11.1. The van der Waals surface area contributed by atoms with Crippen LogP contribution in [0.1, 0.15) is 15.4 Å². The number of halogens is 3. The molecule has 0 bridgehead atoms. The number of hydrogen-bond acceptors (Lipinski definition) is 5. The molecule has 5 heterocycles. The van der Waals surface area contributed by atoms with E-state index in [1.54, 1.807) is 35.7 Å². The molecule has 0 saturated carbocycles. The molecule has 0 unspecified atom stereocenters. The number of nitrogens with zero attached hydrogens (tertiary/aromatic N) is 5. The number of imidazole rings is 1. The van der Waals surface area contributed by atoms with Gasteiger partial charge in [-0.05, 0) is 41.8 Å². The molecule has 5 aromatic rings. The Hall–Kier alpha value is -4.45. The van der Waals surface area contributed by atoms with Crippen molar-refractivity contribution < 1.29 is 27.9 Å². The molecule has 5 rings (SSSR count). The van der Waals surface area contributed by atoms with Crippen LogP contribution in [0.15, 0.2) is 84.9 Å². The Labute approximate surface area is 212 Å². The van der Waals surface area contributed by atoms with Gasteiger partial charge >= 0.3 is 12.1 Å². The van der Waals surface area contributed by atoms with E-state index >= 15 is 0 Å². The van der Waals surface area contributed by atoms with Crippen molar-refractivity contribution in [3.63, 3.8) is 0 Å². The fourth-order valence-electron chi connectivity index (χ4n) is 3.50. The highest BCUT2D eigenvalue weighted by Gasteiger charge is 2.38. The first kappa shape index (κ1) is 25.6. The summed E-state index contributed by atoms with van der Waals surface area (Å²) < 4.78 is 35.8. The third kappa shape index (κ3) is 5.86. The number of carbonyl (C=O) groups excluding carboxylic acids is 1. The fraction of sp³-hybridized carbons (Fsp3) is 0.120. The van der Waals surface area contributed by atoms with Gasteiger partial charge < -0.3 is 14.6 Å². The second-order valence-electron chi connectivity index (χ2n) is 7.76. The third-order valence-electron chi connectivity index (χ3n) is 5.28. The maximum Gasteiger partial charge on any atom is 0.490 e. The molecule has 0 atom stereocenters. The predicted octanol–water partition coefficient (Wildman–Crippen LogP) is 5.22. The van der Waals surface area contributed by atoms with Gasteiger partial charge in [-0.15, -0.1) is 11.3 Å². The van der Waals surface area contributed by atoms with E-state index in [0.29, 0.717) is 5.69 Å². The van der Waals surface area contributed by atoms with Crippen molar-refractivity contribution in [3.8, 4) is 11.4 Å². The number of pyridine rings is 2. The molecule has 12 heteroatoms. The highest BCUT2D eigenvalue weighted by molar-refractivity contribution is 7.09. The number of alkyl halides is 3. The van der Waals surface area contributed by atoms with Crippen LogP contribution in [-0.4, -0.2) is 49.1 Å². The van der Waals surface area contributed by atoms with Crippen molar-refractivity contribution in [2.45, 2.75) is 12.7 Å². The number of hydrogen-bond donors (Lipinski definition) is 1. The quantitative estimate of drug-likeness (QED) is 0.339. The topological polar surface area (TPSA) is 92.7 Å². The van der Waals surface area contributed by atoms with Crippen molar-refractivity contribution in [3.05, 3.63) is 95.5 Å². The zero-order valence-corrected chi connectivity index (χ0v) is 20.1. The minimum absolute atomic E-state index is 0.158.